The lowest BCUT2D eigenvalue weighted by Gasteiger charge is -2.14. The molecule has 0 saturated carbocycles. The molecule has 1 aliphatic rings. The predicted molar refractivity (Wildman–Crippen MR) is 80.2 cm³/mol. The monoisotopic (exact) mass is 312 g/mol. The van der Waals surface area contributed by atoms with E-state index >= 15 is 0 Å². The van der Waals surface area contributed by atoms with Crippen LogP contribution in [-0.4, -0.2) is 48.9 Å². The van der Waals surface area contributed by atoms with E-state index in [-0.39, 0.29) is 35.1 Å². The fraction of sp³-hybridized carbons (Fsp3) is 0.615. The van der Waals surface area contributed by atoms with Crippen LogP contribution in [0.1, 0.15) is 42.5 Å². The van der Waals surface area contributed by atoms with Gasteiger partial charge >= 0.3 is 0 Å². The van der Waals surface area contributed by atoms with Gasteiger partial charge in [0.1, 0.15) is 5.82 Å². The Labute approximate surface area is 124 Å². The highest BCUT2D eigenvalue weighted by atomic mass is 32.2. The highest BCUT2D eigenvalue weighted by Crippen LogP contribution is 2.17. The Morgan fingerprint density at radius 1 is 1.43 bits per heavy atom. The molecule has 2 N–H and O–H groups in total. The van der Waals surface area contributed by atoms with Crippen molar-refractivity contribution in [1.82, 2.24) is 15.3 Å². The minimum atomic E-state index is -3.02. The van der Waals surface area contributed by atoms with Crippen molar-refractivity contribution in [3.63, 3.8) is 0 Å². The van der Waals surface area contributed by atoms with Crippen molar-refractivity contribution in [2.45, 2.75) is 32.2 Å². The van der Waals surface area contributed by atoms with Gasteiger partial charge in [-0.1, -0.05) is 13.8 Å². The number of anilines is 1. The van der Waals surface area contributed by atoms with Gasteiger partial charge in [-0.2, -0.15) is 0 Å². The summed E-state index contributed by atoms with van der Waals surface area (Å²) in [7, 11) is -1.34. The Kier molecular flexibility index (Phi) is 4.46. The van der Waals surface area contributed by atoms with Gasteiger partial charge in [-0.3, -0.25) is 4.79 Å². The quantitative estimate of drug-likeness (QED) is 0.842. The first-order valence-corrected chi connectivity index (χ1v) is 8.70. The largest absolute Gasteiger partial charge is 0.385 e. The van der Waals surface area contributed by atoms with E-state index in [0.29, 0.717) is 17.9 Å². The van der Waals surface area contributed by atoms with E-state index in [9.17, 15) is 13.2 Å². The van der Waals surface area contributed by atoms with Gasteiger partial charge in [0.25, 0.3) is 5.91 Å². The van der Waals surface area contributed by atoms with Crippen LogP contribution >= 0.6 is 0 Å². The lowest BCUT2D eigenvalue weighted by atomic mass is 10.2. The molecule has 2 heterocycles. The topological polar surface area (TPSA) is 101 Å². The van der Waals surface area contributed by atoms with Crippen LogP contribution in [0.3, 0.4) is 0 Å². The lowest BCUT2D eigenvalue weighted by Crippen LogP contribution is -2.36. The van der Waals surface area contributed by atoms with Crippen molar-refractivity contribution in [2.24, 2.45) is 0 Å². The maximum atomic E-state index is 12.3. The van der Waals surface area contributed by atoms with Crippen molar-refractivity contribution in [2.75, 3.05) is 23.9 Å². The number of nitrogens with one attached hydrogen (secondary N) is 2. The molecule has 1 saturated heterocycles. The number of sulfone groups is 1. The number of amides is 1. The number of hydrogen-bond donors (Lipinski definition) is 2. The van der Waals surface area contributed by atoms with Gasteiger partial charge in [0.05, 0.1) is 23.4 Å². The molecule has 116 valence electrons. The molecule has 2 rings (SSSR count). The zero-order chi connectivity index (χ0) is 15.6. The first kappa shape index (κ1) is 15.7. The van der Waals surface area contributed by atoms with Crippen LogP contribution in [0.2, 0.25) is 0 Å². The van der Waals surface area contributed by atoms with Crippen LogP contribution in [-0.2, 0) is 9.84 Å². The molecule has 7 nitrogen and oxygen atoms in total. The third-order valence-corrected chi connectivity index (χ3v) is 5.14. The van der Waals surface area contributed by atoms with E-state index < -0.39 is 9.84 Å². The van der Waals surface area contributed by atoms with E-state index in [1.54, 1.807) is 13.2 Å². The van der Waals surface area contributed by atoms with Crippen LogP contribution < -0.4 is 10.6 Å². The summed E-state index contributed by atoms with van der Waals surface area (Å²) < 4.78 is 22.9. The average Bonchev–Trinajstić information content (AvgIpc) is 2.76. The van der Waals surface area contributed by atoms with Gasteiger partial charge < -0.3 is 10.6 Å². The number of carbonyl (C=O) groups excluding carboxylic acids is 1. The summed E-state index contributed by atoms with van der Waals surface area (Å²) in [5, 5.41) is 5.62. The highest BCUT2D eigenvalue weighted by Gasteiger charge is 2.30. The molecule has 1 fully saturated rings. The minimum absolute atomic E-state index is 0.00422. The van der Waals surface area contributed by atoms with E-state index in [1.165, 1.54) is 0 Å². The summed E-state index contributed by atoms with van der Waals surface area (Å²) in [6.07, 6.45) is 2.02. The summed E-state index contributed by atoms with van der Waals surface area (Å²) in [5.41, 5.74) is 0.776. The summed E-state index contributed by atoms with van der Waals surface area (Å²) in [5.74, 6) is 0.436. The number of rotatable bonds is 4. The Morgan fingerprint density at radius 2 is 2.14 bits per heavy atom. The first-order valence-electron chi connectivity index (χ1n) is 6.88. The molecule has 1 aromatic heterocycles. The lowest BCUT2D eigenvalue weighted by molar-refractivity contribution is 0.0936. The van der Waals surface area contributed by atoms with Gasteiger partial charge in [0, 0.05) is 19.0 Å². The highest BCUT2D eigenvalue weighted by molar-refractivity contribution is 7.91. The standard InChI is InChI=1S/C13H20N4O3S/c1-8(2)12-15-6-10(14-3)11(17-12)13(18)16-9-4-5-21(19,20)7-9/h6,8-9,14H,4-5,7H2,1-3H3,(H,16,18). The molecule has 0 radical (unpaired) electrons. The maximum Gasteiger partial charge on any atom is 0.272 e. The third-order valence-electron chi connectivity index (χ3n) is 3.38. The molecule has 0 aromatic carbocycles. The smallest absolute Gasteiger partial charge is 0.272 e. The van der Waals surface area contributed by atoms with Crippen molar-refractivity contribution >= 4 is 21.4 Å². The van der Waals surface area contributed by atoms with Gasteiger partial charge in [0.15, 0.2) is 15.5 Å². The predicted octanol–water partition coefficient (Wildman–Crippen LogP) is 0.559. The fourth-order valence-corrected chi connectivity index (χ4v) is 3.87. The second-order valence-electron chi connectivity index (χ2n) is 5.47. The number of carbonyl (C=O) groups is 1. The SMILES string of the molecule is CNc1cnc(C(C)C)nc1C(=O)NC1CCS(=O)(=O)C1. The summed E-state index contributed by atoms with van der Waals surface area (Å²) >= 11 is 0. The summed E-state index contributed by atoms with van der Waals surface area (Å²) in [4.78, 5) is 20.8. The second-order valence-corrected chi connectivity index (χ2v) is 7.70. The molecule has 1 aliphatic heterocycles. The van der Waals surface area contributed by atoms with Gasteiger partial charge in [-0.25, -0.2) is 18.4 Å². The molecule has 1 aromatic rings. The molecule has 0 aliphatic carbocycles. The van der Waals surface area contributed by atoms with E-state index in [1.807, 2.05) is 13.8 Å². The molecular weight excluding hydrogens is 292 g/mol. The van der Waals surface area contributed by atoms with E-state index in [2.05, 4.69) is 20.6 Å². The van der Waals surface area contributed by atoms with Crippen LogP contribution in [0.15, 0.2) is 6.20 Å². The Morgan fingerprint density at radius 3 is 2.67 bits per heavy atom. The van der Waals surface area contributed by atoms with Crippen LogP contribution in [0.5, 0.6) is 0 Å². The maximum absolute atomic E-state index is 12.3. The van der Waals surface area contributed by atoms with Crippen LogP contribution in [0.4, 0.5) is 5.69 Å². The van der Waals surface area contributed by atoms with Crippen molar-refractivity contribution in [3.05, 3.63) is 17.7 Å². The minimum Gasteiger partial charge on any atom is -0.385 e. The zero-order valence-corrected chi connectivity index (χ0v) is 13.2. The Hall–Kier alpha value is -1.70. The molecule has 1 unspecified atom stereocenters. The summed E-state index contributed by atoms with van der Waals surface area (Å²) in [6, 6.07) is -0.343. The normalized spacial score (nSPS) is 20.5. The van der Waals surface area contributed by atoms with Gasteiger partial charge in [0.2, 0.25) is 0 Å². The molecule has 1 atom stereocenters. The number of hydrogen-bond acceptors (Lipinski definition) is 6. The van der Waals surface area contributed by atoms with E-state index in [0.717, 1.165) is 0 Å². The van der Waals surface area contributed by atoms with Crippen LogP contribution in [0.25, 0.3) is 0 Å². The van der Waals surface area contributed by atoms with Crippen LogP contribution in [0, 0.1) is 0 Å². The molecule has 8 heteroatoms. The van der Waals surface area contributed by atoms with Crippen molar-refractivity contribution in [3.8, 4) is 0 Å². The van der Waals surface area contributed by atoms with E-state index in [4.69, 9.17) is 0 Å². The Bertz CT molecular complexity index is 643. The molecule has 21 heavy (non-hydrogen) atoms. The Balaban J connectivity index is 2.20. The first-order chi connectivity index (χ1) is 9.82. The molecule has 1 amide bonds. The van der Waals surface area contributed by atoms with Gasteiger partial charge in [-0.05, 0) is 6.42 Å². The number of nitrogens with zero attached hydrogens (tertiary/aromatic N) is 2. The molecule has 0 bridgehead atoms. The fourth-order valence-electron chi connectivity index (χ4n) is 2.19. The van der Waals surface area contributed by atoms with Crippen molar-refractivity contribution < 1.29 is 13.2 Å². The second kappa shape index (κ2) is 5.97. The average molecular weight is 312 g/mol. The molecular formula is C13H20N4O3S. The number of aromatic nitrogens is 2. The summed E-state index contributed by atoms with van der Waals surface area (Å²) in [6.45, 7) is 3.89. The molecule has 0 spiro atoms. The van der Waals surface area contributed by atoms with Crippen molar-refractivity contribution in [1.29, 1.82) is 0 Å². The zero-order valence-electron chi connectivity index (χ0n) is 12.4. The third kappa shape index (κ3) is 3.69. The van der Waals surface area contributed by atoms with Gasteiger partial charge in [-0.15, -0.1) is 0 Å².